The van der Waals surface area contributed by atoms with Crippen LogP contribution in [0, 0.1) is 0 Å². The molecule has 0 unspecified atom stereocenters. The number of amides is 2. The number of nitrogens with one attached hydrogen (secondary N) is 1. The smallest absolute Gasteiger partial charge is 0.289 e. The molecule has 2 aromatic rings. The van der Waals surface area contributed by atoms with E-state index in [0.717, 1.165) is 42.8 Å². The Morgan fingerprint density at radius 2 is 1.96 bits per heavy atom. The van der Waals surface area contributed by atoms with Crippen molar-refractivity contribution in [1.29, 1.82) is 0 Å². The maximum atomic E-state index is 12.9. The molecule has 1 aliphatic heterocycles. The van der Waals surface area contributed by atoms with E-state index in [4.69, 9.17) is 4.74 Å². The predicted octanol–water partition coefficient (Wildman–Crippen LogP) is 2.64. The fourth-order valence-electron chi connectivity index (χ4n) is 3.65. The number of aromatic nitrogens is 2. The average Bonchev–Trinajstić information content (AvgIpc) is 3.13. The maximum absolute atomic E-state index is 12.9. The number of ether oxygens (including phenoxy) is 1. The molecule has 0 atom stereocenters. The van der Waals surface area contributed by atoms with Crippen LogP contribution in [0.2, 0.25) is 0 Å². The number of benzene rings is 1. The Morgan fingerprint density at radius 1 is 1.21 bits per heavy atom. The largest absolute Gasteiger partial charge is 0.496 e. The highest BCUT2D eigenvalue weighted by Gasteiger charge is 2.29. The lowest BCUT2D eigenvalue weighted by Crippen LogP contribution is -2.33. The van der Waals surface area contributed by atoms with Crippen molar-refractivity contribution >= 4 is 11.8 Å². The van der Waals surface area contributed by atoms with Crippen molar-refractivity contribution in [3.8, 4) is 5.75 Å². The number of nitrogens with zero attached hydrogens (tertiary/aromatic N) is 3. The van der Waals surface area contributed by atoms with Crippen LogP contribution in [-0.2, 0) is 19.5 Å². The van der Waals surface area contributed by atoms with Crippen molar-refractivity contribution in [2.75, 3.05) is 20.2 Å². The molecule has 1 aliphatic rings. The van der Waals surface area contributed by atoms with E-state index in [1.807, 2.05) is 42.7 Å². The summed E-state index contributed by atoms with van der Waals surface area (Å²) in [5.74, 6) is 0.736. The Kier molecular flexibility index (Phi) is 6.34. The number of methoxy groups -OCH3 is 1. The molecule has 1 N–H and O–H groups in total. The van der Waals surface area contributed by atoms with Crippen LogP contribution in [0.5, 0.6) is 5.75 Å². The first kappa shape index (κ1) is 19.9. The Balaban J connectivity index is 1.85. The Hall–Kier alpha value is -2.83. The molecule has 150 valence electrons. The van der Waals surface area contributed by atoms with Gasteiger partial charge in [-0.15, -0.1) is 0 Å². The Morgan fingerprint density at radius 3 is 2.68 bits per heavy atom. The molecule has 7 nitrogen and oxygen atoms in total. The lowest BCUT2D eigenvalue weighted by molar-refractivity contribution is 0.0754. The highest BCUT2D eigenvalue weighted by Crippen LogP contribution is 2.23. The van der Waals surface area contributed by atoms with Crippen LogP contribution >= 0.6 is 0 Å². The minimum absolute atomic E-state index is 0.114. The summed E-state index contributed by atoms with van der Waals surface area (Å²) in [5, 5.41) is 2.93. The van der Waals surface area contributed by atoms with E-state index in [1.165, 1.54) is 0 Å². The number of rotatable bonds is 7. The van der Waals surface area contributed by atoms with Gasteiger partial charge in [0, 0.05) is 31.7 Å². The number of para-hydroxylation sites is 1. The number of hydrogen-bond donors (Lipinski definition) is 1. The van der Waals surface area contributed by atoms with Gasteiger partial charge in [0.25, 0.3) is 11.8 Å². The number of carbonyl (C=O) groups excluding carboxylic acids is 2. The third-order valence-corrected chi connectivity index (χ3v) is 5.21. The van der Waals surface area contributed by atoms with Crippen LogP contribution in [0.3, 0.4) is 0 Å². The summed E-state index contributed by atoms with van der Waals surface area (Å²) in [7, 11) is 1.61. The zero-order valence-electron chi connectivity index (χ0n) is 16.8. The van der Waals surface area contributed by atoms with Crippen LogP contribution in [0.15, 0.2) is 24.3 Å². The summed E-state index contributed by atoms with van der Waals surface area (Å²) >= 11 is 0. The number of imidazole rings is 1. The highest BCUT2D eigenvalue weighted by molar-refractivity contribution is 5.97. The van der Waals surface area contributed by atoms with E-state index in [0.29, 0.717) is 31.2 Å². The van der Waals surface area contributed by atoms with Crippen LogP contribution < -0.4 is 10.1 Å². The van der Waals surface area contributed by atoms with Gasteiger partial charge in [0.15, 0.2) is 5.82 Å². The molecule has 28 heavy (non-hydrogen) atoms. The van der Waals surface area contributed by atoms with Gasteiger partial charge in [0.1, 0.15) is 11.4 Å². The molecular weight excluding hydrogens is 356 g/mol. The molecule has 0 aliphatic carbocycles. The first-order valence-electron chi connectivity index (χ1n) is 9.89. The third kappa shape index (κ3) is 3.88. The highest BCUT2D eigenvalue weighted by atomic mass is 16.5. The lowest BCUT2D eigenvalue weighted by atomic mass is 10.1. The Labute approximate surface area is 165 Å². The summed E-state index contributed by atoms with van der Waals surface area (Å²) in [6.07, 6.45) is 2.75. The number of fused-ring (bicyclic) bond motifs is 1. The van der Waals surface area contributed by atoms with E-state index in [1.54, 1.807) is 12.0 Å². The normalized spacial score (nSPS) is 13.0. The first-order valence-corrected chi connectivity index (χ1v) is 9.89. The summed E-state index contributed by atoms with van der Waals surface area (Å²) in [4.78, 5) is 32.0. The van der Waals surface area contributed by atoms with Crippen molar-refractivity contribution in [3.63, 3.8) is 0 Å². The molecular formula is C21H28N4O3. The van der Waals surface area contributed by atoms with Gasteiger partial charge >= 0.3 is 0 Å². The lowest BCUT2D eigenvalue weighted by Gasteiger charge is -2.21. The van der Waals surface area contributed by atoms with E-state index >= 15 is 0 Å². The summed E-state index contributed by atoms with van der Waals surface area (Å²) in [6, 6.07) is 7.57. The fourth-order valence-corrected chi connectivity index (χ4v) is 3.65. The summed E-state index contributed by atoms with van der Waals surface area (Å²) in [6.45, 7) is 6.20. The molecule has 7 heteroatoms. The van der Waals surface area contributed by atoms with Gasteiger partial charge in [-0.2, -0.15) is 0 Å². The van der Waals surface area contributed by atoms with Gasteiger partial charge < -0.3 is 19.5 Å². The van der Waals surface area contributed by atoms with Gasteiger partial charge in [-0.1, -0.05) is 18.2 Å². The van der Waals surface area contributed by atoms with Crippen molar-refractivity contribution in [2.45, 2.75) is 46.2 Å². The minimum Gasteiger partial charge on any atom is -0.496 e. The maximum Gasteiger partial charge on any atom is 0.289 e. The van der Waals surface area contributed by atoms with Crippen molar-refractivity contribution < 1.29 is 14.3 Å². The topological polar surface area (TPSA) is 76.5 Å². The van der Waals surface area contributed by atoms with Gasteiger partial charge in [-0.25, -0.2) is 4.98 Å². The molecule has 3 rings (SSSR count). The molecule has 0 saturated heterocycles. The van der Waals surface area contributed by atoms with Crippen molar-refractivity contribution in [3.05, 3.63) is 47.0 Å². The van der Waals surface area contributed by atoms with Gasteiger partial charge in [-0.3, -0.25) is 9.59 Å². The Bertz CT molecular complexity index is 855. The number of carbonyl (C=O) groups is 2. The van der Waals surface area contributed by atoms with Gasteiger partial charge in [0.2, 0.25) is 0 Å². The van der Waals surface area contributed by atoms with E-state index < -0.39 is 0 Å². The van der Waals surface area contributed by atoms with Crippen LogP contribution in [0.4, 0.5) is 0 Å². The second kappa shape index (κ2) is 8.91. The van der Waals surface area contributed by atoms with Gasteiger partial charge in [0.05, 0.1) is 12.8 Å². The van der Waals surface area contributed by atoms with Crippen LogP contribution in [0.25, 0.3) is 0 Å². The monoisotopic (exact) mass is 384 g/mol. The third-order valence-electron chi connectivity index (χ3n) is 5.21. The SMILES string of the molecule is CCN(CC)C(=O)c1nc(C(=O)NCc2ccccc2OC)c2n1CCCC2. The summed E-state index contributed by atoms with van der Waals surface area (Å²) in [5.41, 5.74) is 2.12. The molecule has 1 aromatic heterocycles. The van der Waals surface area contributed by atoms with E-state index in [2.05, 4.69) is 10.3 Å². The molecule has 1 aromatic carbocycles. The van der Waals surface area contributed by atoms with Crippen molar-refractivity contribution in [1.82, 2.24) is 19.8 Å². The first-order chi connectivity index (χ1) is 13.6. The zero-order valence-corrected chi connectivity index (χ0v) is 16.8. The molecule has 0 bridgehead atoms. The second-order valence-electron chi connectivity index (χ2n) is 6.81. The van der Waals surface area contributed by atoms with Gasteiger partial charge in [-0.05, 0) is 39.2 Å². The number of hydrogen-bond acceptors (Lipinski definition) is 4. The van der Waals surface area contributed by atoms with Crippen LogP contribution in [-0.4, -0.2) is 46.5 Å². The molecule has 0 saturated carbocycles. The second-order valence-corrected chi connectivity index (χ2v) is 6.81. The molecule has 0 fully saturated rings. The standard InChI is InChI=1S/C21H28N4O3/c1-4-24(5-2)21(27)19-23-18(16-11-8-9-13-25(16)19)20(26)22-14-15-10-6-7-12-17(15)28-3/h6-7,10,12H,4-5,8-9,11,13-14H2,1-3H3,(H,22,26). The fraction of sp³-hybridized carbons (Fsp3) is 0.476. The quantitative estimate of drug-likeness (QED) is 0.796. The van der Waals surface area contributed by atoms with E-state index in [9.17, 15) is 9.59 Å². The summed E-state index contributed by atoms with van der Waals surface area (Å²) < 4.78 is 7.27. The molecule has 2 amide bonds. The molecule has 2 heterocycles. The van der Waals surface area contributed by atoms with Crippen molar-refractivity contribution in [2.24, 2.45) is 0 Å². The molecule has 0 spiro atoms. The zero-order chi connectivity index (χ0) is 20.1. The van der Waals surface area contributed by atoms with E-state index in [-0.39, 0.29) is 11.8 Å². The van der Waals surface area contributed by atoms with Crippen LogP contribution in [0.1, 0.15) is 59.1 Å². The minimum atomic E-state index is -0.254. The molecule has 0 radical (unpaired) electrons. The predicted molar refractivity (Wildman–Crippen MR) is 107 cm³/mol. The average molecular weight is 384 g/mol.